The number of hydrogen-bond donors (Lipinski definition) is 1. The largest absolute Gasteiger partial charge is 0.480 e. The molecule has 7 heteroatoms. The van der Waals surface area contributed by atoms with Crippen LogP contribution in [-0.4, -0.2) is 41.2 Å². The molecule has 134 valence electrons. The topological polar surface area (TPSA) is 49.8 Å². The molecule has 1 heterocycles. The van der Waals surface area contributed by atoms with E-state index in [4.69, 9.17) is 4.74 Å². The number of ether oxygens (including phenoxy) is 1. The average molecular weight is 345 g/mol. The standard InChI is InChI=1S/C17H22F3NO3/c1-11(22)13-6-5-9-21(10-13)16(23)12(2)24-15-8-4-3-7-14(15)17(18,19)20/h3-4,7-8,11-13,22H,5-6,9-10H2,1-2H3. The van der Waals surface area contributed by atoms with Gasteiger partial charge in [0.15, 0.2) is 6.10 Å². The highest BCUT2D eigenvalue weighted by molar-refractivity contribution is 5.81. The number of aliphatic hydroxyl groups excluding tert-OH is 1. The second kappa shape index (κ2) is 7.42. The predicted molar refractivity (Wildman–Crippen MR) is 82.5 cm³/mol. The van der Waals surface area contributed by atoms with E-state index in [-0.39, 0.29) is 17.6 Å². The van der Waals surface area contributed by atoms with E-state index in [1.54, 1.807) is 11.8 Å². The molecule has 1 amide bonds. The van der Waals surface area contributed by atoms with Gasteiger partial charge in [-0.15, -0.1) is 0 Å². The fraction of sp³-hybridized carbons (Fsp3) is 0.588. The molecule has 24 heavy (non-hydrogen) atoms. The van der Waals surface area contributed by atoms with Gasteiger partial charge >= 0.3 is 6.18 Å². The van der Waals surface area contributed by atoms with Gasteiger partial charge in [0.25, 0.3) is 5.91 Å². The zero-order valence-electron chi connectivity index (χ0n) is 13.7. The molecule has 1 N–H and O–H groups in total. The molecule has 3 unspecified atom stereocenters. The Morgan fingerprint density at radius 2 is 2.00 bits per heavy atom. The van der Waals surface area contributed by atoms with Crippen LogP contribution in [0.2, 0.25) is 0 Å². The van der Waals surface area contributed by atoms with Crippen LogP contribution in [0.15, 0.2) is 24.3 Å². The molecular formula is C17H22F3NO3. The van der Waals surface area contributed by atoms with Gasteiger partial charge in [0.05, 0.1) is 11.7 Å². The van der Waals surface area contributed by atoms with Gasteiger partial charge in [0.2, 0.25) is 0 Å². The van der Waals surface area contributed by atoms with Crippen molar-refractivity contribution in [2.45, 2.75) is 45.1 Å². The van der Waals surface area contributed by atoms with Crippen LogP contribution < -0.4 is 4.74 Å². The highest BCUT2D eigenvalue weighted by Crippen LogP contribution is 2.36. The summed E-state index contributed by atoms with van der Waals surface area (Å²) in [7, 11) is 0. The smallest absolute Gasteiger partial charge is 0.419 e. The van der Waals surface area contributed by atoms with Gasteiger partial charge in [-0.05, 0) is 38.8 Å². The number of carbonyl (C=O) groups is 1. The average Bonchev–Trinajstić information content (AvgIpc) is 2.53. The first-order valence-electron chi connectivity index (χ1n) is 8.00. The normalized spacial score (nSPS) is 21.2. The highest BCUT2D eigenvalue weighted by Gasteiger charge is 2.35. The summed E-state index contributed by atoms with van der Waals surface area (Å²) in [5.41, 5.74) is -0.898. The van der Waals surface area contributed by atoms with Crippen LogP contribution in [0.5, 0.6) is 5.75 Å². The minimum atomic E-state index is -4.54. The number of rotatable bonds is 4. The number of para-hydroxylation sites is 1. The van der Waals surface area contributed by atoms with Crippen LogP contribution in [0, 0.1) is 5.92 Å². The van der Waals surface area contributed by atoms with Crippen molar-refractivity contribution >= 4 is 5.91 Å². The molecule has 1 saturated heterocycles. The maximum atomic E-state index is 13.0. The molecule has 0 bridgehead atoms. The molecule has 3 atom stereocenters. The Kier molecular flexibility index (Phi) is 5.74. The summed E-state index contributed by atoms with van der Waals surface area (Å²) >= 11 is 0. The lowest BCUT2D eigenvalue weighted by Gasteiger charge is -2.35. The molecule has 4 nitrogen and oxygen atoms in total. The minimum absolute atomic E-state index is 0.0163. The number of likely N-dealkylation sites (tertiary alicyclic amines) is 1. The summed E-state index contributed by atoms with van der Waals surface area (Å²) in [6.45, 7) is 4.04. The van der Waals surface area contributed by atoms with Crippen molar-refractivity contribution in [3.63, 3.8) is 0 Å². The molecule has 1 fully saturated rings. The van der Waals surface area contributed by atoms with Crippen molar-refractivity contribution in [2.24, 2.45) is 5.92 Å². The van der Waals surface area contributed by atoms with Crippen LogP contribution in [0.1, 0.15) is 32.3 Å². The third-order valence-electron chi connectivity index (χ3n) is 4.30. The van der Waals surface area contributed by atoms with Crippen LogP contribution >= 0.6 is 0 Å². The number of benzene rings is 1. The van der Waals surface area contributed by atoms with E-state index < -0.39 is 23.9 Å². The summed E-state index contributed by atoms with van der Waals surface area (Å²) < 4.78 is 44.3. The third-order valence-corrected chi connectivity index (χ3v) is 4.30. The van der Waals surface area contributed by atoms with Crippen molar-refractivity contribution in [3.8, 4) is 5.75 Å². The van der Waals surface area contributed by atoms with Crippen molar-refractivity contribution in [1.29, 1.82) is 0 Å². The summed E-state index contributed by atoms with van der Waals surface area (Å²) in [6.07, 6.45) is -4.51. The fourth-order valence-corrected chi connectivity index (χ4v) is 2.91. The first-order chi connectivity index (χ1) is 11.2. The molecule has 0 aromatic heterocycles. The lowest BCUT2D eigenvalue weighted by molar-refractivity contribution is -0.145. The van der Waals surface area contributed by atoms with Crippen molar-refractivity contribution in [1.82, 2.24) is 4.90 Å². The number of nitrogens with zero attached hydrogens (tertiary/aromatic N) is 1. The Hall–Kier alpha value is -1.76. The van der Waals surface area contributed by atoms with Gasteiger partial charge < -0.3 is 14.7 Å². The number of halogens is 3. The maximum Gasteiger partial charge on any atom is 0.419 e. The SMILES string of the molecule is CC(Oc1ccccc1C(F)(F)F)C(=O)N1CCCC(C(C)O)C1. The predicted octanol–water partition coefficient (Wildman–Crippen LogP) is 3.09. The van der Waals surface area contributed by atoms with Crippen LogP contribution in [0.4, 0.5) is 13.2 Å². The Morgan fingerprint density at radius 1 is 1.33 bits per heavy atom. The molecule has 0 spiro atoms. The van der Waals surface area contributed by atoms with Crippen LogP contribution in [0.25, 0.3) is 0 Å². The monoisotopic (exact) mass is 345 g/mol. The van der Waals surface area contributed by atoms with E-state index in [1.165, 1.54) is 25.1 Å². The first kappa shape index (κ1) is 18.6. The van der Waals surface area contributed by atoms with Gasteiger partial charge in [-0.3, -0.25) is 4.79 Å². The molecule has 0 radical (unpaired) electrons. The maximum absolute atomic E-state index is 13.0. The minimum Gasteiger partial charge on any atom is -0.480 e. The van der Waals surface area contributed by atoms with Gasteiger partial charge in [-0.2, -0.15) is 13.2 Å². The number of aliphatic hydroxyl groups is 1. The quantitative estimate of drug-likeness (QED) is 0.912. The molecule has 2 rings (SSSR count). The Labute approximate surface area is 139 Å². The molecular weight excluding hydrogens is 323 g/mol. The Morgan fingerprint density at radius 3 is 2.62 bits per heavy atom. The van der Waals surface area contributed by atoms with E-state index in [2.05, 4.69) is 0 Å². The van der Waals surface area contributed by atoms with E-state index in [1.807, 2.05) is 0 Å². The van der Waals surface area contributed by atoms with E-state index in [9.17, 15) is 23.1 Å². The van der Waals surface area contributed by atoms with E-state index in [0.717, 1.165) is 18.9 Å². The number of hydrogen-bond acceptors (Lipinski definition) is 3. The lowest BCUT2D eigenvalue weighted by Crippen LogP contribution is -2.47. The number of carbonyl (C=O) groups excluding carboxylic acids is 1. The molecule has 0 aliphatic carbocycles. The van der Waals surface area contributed by atoms with Gasteiger partial charge in [-0.1, -0.05) is 12.1 Å². The van der Waals surface area contributed by atoms with Crippen LogP contribution in [-0.2, 0) is 11.0 Å². The fourth-order valence-electron chi connectivity index (χ4n) is 2.91. The second-order valence-electron chi connectivity index (χ2n) is 6.18. The summed E-state index contributed by atoms with van der Waals surface area (Å²) in [4.78, 5) is 14.0. The van der Waals surface area contributed by atoms with Crippen LogP contribution in [0.3, 0.4) is 0 Å². The van der Waals surface area contributed by atoms with Gasteiger partial charge in [0.1, 0.15) is 5.75 Å². The first-order valence-corrected chi connectivity index (χ1v) is 8.00. The second-order valence-corrected chi connectivity index (χ2v) is 6.18. The molecule has 0 saturated carbocycles. The van der Waals surface area contributed by atoms with Gasteiger partial charge in [-0.25, -0.2) is 0 Å². The summed E-state index contributed by atoms with van der Waals surface area (Å²) in [6, 6.07) is 4.85. The van der Waals surface area contributed by atoms with E-state index in [0.29, 0.717) is 13.1 Å². The number of amides is 1. The zero-order valence-corrected chi connectivity index (χ0v) is 13.7. The summed E-state index contributed by atoms with van der Waals surface area (Å²) in [5.74, 6) is -0.732. The van der Waals surface area contributed by atoms with Crippen molar-refractivity contribution < 1.29 is 27.8 Å². The third kappa shape index (κ3) is 4.41. The lowest BCUT2D eigenvalue weighted by atomic mass is 9.93. The summed E-state index contributed by atoms with van der Waals surface area (Å²) in [5, 5.41) is 9.68. The van der Waals surface area contributed by atoms with Crippen molar-refractivity contribution in [2.75, 3.05) is 13.1 Å². The number of piperidine rings is 1. The molecule has 1 aliphatic heterocycles. The van der Waals surface area contributed by atoms with E-state index >= 15 is 0 Å². The highest BCUT2D eigenvalue weighted by atomic mass is 19.4. The van der Waals surface area contributed by atoms with Crippen molar-refractivity contribution in [3.05, 3.63) is 29.8 Å². The molecule has 1 aliphatic rings. The Balaban J connectivity index is 2.07. The van der Waals surface area contributed by atoms with Gasteiger partial charge in [0, 0.05) is 19.0 Å². The zero-order chi connectivity index (χ0) is 17.9. The Bertz CT molecular complexity index is 574. The number of alkyl halides is 3. The molecule has 1 aromatic carbocycles. The molecule has 1 aromatic rings.